The summed E-state index contributed by atoms with van der Waals surface area (Å²) in [4.78, 5) is 20.5. The SMILES string of the molecule is COc1cccc2cc(-c3nc4cc5c(cc4n3C)CCN(C[C@H]3COCCN3)C5=O)n(CC3CC3)c12. The van der Waals surface area contributed by atoms with Crippen LogP contribution in [0.2, 0.25) is 0 Å². The van der Waals surface area contributed by atoms with Crippen LogP contribution in [0.3, 0.4) is 0 Å². The number of carbonyl (C=O) groups excluding carboxylic acids is 1. The second-order valence-corrected chi connectivity index (χ2v) is 10.7. The molecule has 7 rings (SSSR count). The van der Waals surface area contributed by atoms with Crippen molar-refractivity contribution in [3.8, 4) is 17.3 Å². The van der Waals surface area contributed by atoms with E-state index in [-0.39, 0.29) is 11.9 Å². The average Bonchev–Trinajstić information content (AvgIpc) is 3.59. The van der Waals surface area contributed by atoms with Crippen LogP contribution in [-0.4, -0.2) is 70.9 Å². The summed E-state index contributed by atoms with van der Waals surface area (Å²) in [6, 6.07) is 12.8. The van der Waals surface area contributed by atoms with Crippen LogP contribution in [-0.2, 0) is 24.8 Å². The third kappa shape index (κ3) is 3.90. The van der Waals surface area contributed by atoms with E-state index in [1.165, 1.54) is 12.8 Å². The molecule has 37 heavy (non-hydrogen) atoms. The Morgan fingerprint density at radius 2 is 2.08 bits per heavy atom. The highest BCUT2D eigenvalue weighted by atomic mass is 16.5. The molecule has 4 heterocycles. The topological polar surface area (TPSA) is 73.6 Å². The highest BCUT2D eigenvalue weighted by Gasteiger charge is 2.30. The molecule has 2 aromatic carbocycles. The lowest BCUT2D eigenvalue weighted by atomic mass is 9.97. The lowest BCUT2D eigenvalue weighted by molar-refractivity contribution is 0.0512. The number of ether oxygens (including phenoxy) is 2. The van der Waals surface area contributed by atoms with Crippen LogP contribution < -0.4 is 10.1 Å². The lowest BCUT2D eigenvalue weighted by Gasteiger charge is -2.33. The molecule has 2 aliphatic heterocycles. The number of carbonyl (C=O) groups is 1. The van der Waals surface area contributed by atoms with Gasteiger partial charge in [0, 0.05) is 50.2 Å². The second-order valence-electron chi connectivity index (χ2n) is 10.7. The summed E-state index contributed by atoms with van der Waals surface area (Å²) >= 11 is 0. The van der Waals surface area contributed by atoms with Gasteiger partial charge in [-0.2, -0.15) is 0 Å². The van der Waals surface area contributed by atoms with E-state index in [2.05, 4.69) is 39.7 Å². The number of aromatic nitrogens is 3. The number of methoxy groups -OCH3 is 1. The number of imidazole rings is 1. The molecule has 1 N–H and O–H groups in total. The van der Waals surface area contributed by atoms with Gasteiger partial charge in [0.2, 0.25) is 0 Å². The molecule has 0 unspecified atom stereocenters. The Hall–Kier alpha value is -3.36. The smallest absolute Gasteiger partial charge is 0.254 e. The fraction of sp³-hybridized carbons (Fsp3) is 0.448. The number of hydrogen-bond donors (Lipinski definition) is 1. The summed E-state index contributed by atoms with van der Waals surface area (Å²) < 4.78 is 15.9. The van der Waals surface area contributed by atoms with Crippen molar-refractivity contribution in [2.45, 2.75) is 31.8 Å². The maximum atomic E-state index is 13.5. The predicted octanol–water partition coefficient (Wildman–Crippen LogP) is 3.60. The van der Waals surface area contributed by atoms with Crippen LogP contribution in [0.4, 0.5) is 0 Å². The summed E-state index contributed by atoms with van der Waals surface area (Å²) in [6.45, 7) is 4.59. The summed E-state index contributed by atoms with van der Waals surface area (Å²) in [7, 11) is 3.82. The van der Waals surface area contributed by atoms with Gasteiger partial charge in [-0.1, -0.05) is 12.1 Å². The molecule has 1 saturated carbocycles. The number of nitrogens with one attached hydrogen (secondary N) is 1. The third-order valence-electron chi connectivity index (χ3n) is 8.18. The first-order chi connectivity index (χ1) is 18.1. The standard InChI is InChI=1S/C29H33N5O3/c1-32-24-12-19-8-10-33(16-21-17-37-11-9-30-21)29(35)22(19)14-23(24)31-28(32)25-13-20-4-3-5-26(36-2)27(20)34(25)15-18-6-7-18/h3-5,12-14,18,21,30H,6-11,15-17H2,1-2H3/t21-/m0/s1. The van der Waals surface area contributed by atoms with Crippen molar-refractivity contribution < 1.29 is 14.3 Å². The Balaban J connectivity index is 1.29. The van der Waals surface area contributed by atoms with E-state index in [0.29, 0.717) is 19.1 Å². The third-order valence-corrected chi connectivity index (χ3v) is 8.18. The van der Waals surface area contributed by atoms with Crippen LogP contribution in [0.5, 0.6) is 5.75 Å². The zero-order chi connectivity index (χ0) is 25.1. The van der Waals surface area contributed by atoms with Gasteiger partial charge in [-0.25, -0.2) is 4.98 Å². The van der Waals surface area contributed by atoms with Crippen molar-refractivity contribution in [1.29, 1.82) is 0 Å². The molecule has 192 valence electrons. The number of fused-ring (bicyclic) bond motifs is 3. The predicted molar refractivity (Wildman–Crippen MR) is 143 cm³/mol. The van der Waals surface area contributed by atoms with Gasteiger partial charge >= 0.3 is 0 Å². The minimum absolute atomic E-state index is 0.0929. The molecule has 1 amide bonds. The summed E-state index contributed by atoms with van der Waals surface area (Å²) in [5, 5.41) is 4.63. The maximum absolute atomic E-state index is 13.5. The quantitative estimate of drug-likeness (QED) is 0.439. The Morgan fingerprint density at radius 1 is 1.19 bits per heavy atom. The minimum Gasteiger partial charge on any atom is -0.495 e. The molecule has 8 heteroatoms. The van der Waals surface area contributed by atoms with Crippen molar-refractivity contribution >= 4 is 27.8 Å². The Morgan fingerprint density at radius 3 is 2.86 bits per heavy atom. The fourth-order valence-electron chi connectivity index (χ4n) is 6.01. The average molecular weight is 500 g/mol. The van der Waals surface area contributed by atoms with Crippen LogP contribution >= 0.6 is 0 Å². The van der Waals surface area contributed by atoms with Crippen molar-refractivity contribution in [2.75, 3.05) is 40.0 Å². The number of benzene rings is 2. The van der Waals surface area contributed by atoms with E-state index < -0.39 is 0 Å². The van der Waals surface area contributed by atoms with Gasteiger partial charge in [-0.05, 0) is 55.0 Å². The van der Waals surface area contributed by atoms with E-state index in [1.807, 2.05) is 23.1 Å². The van der Waals surface area contributed by atoms with E-state index in [4.69, 9.17) is 14.5 Å². The molecule has 0 spiro atoms. The first kappa shape index (κ1) is 22.8. The number of morpholine rings is 1. The number of hydrogen-bond acceptors (Lipinski definition) is 5. The fourth-order valence-corrected chi connectivity index (χ4v) is 6.01. The molecule has 0 radical (unpaired) electrons. The summed E-state index contributed by atoms with van der Waals surface area (Å²) in [5.41, 5.74) is 6.04. The highest BCUT2D eigenvalue weighted by Crippen LogP contribution is 2.39. The molecule has 1 saturated heterocycles. The molecule has 2 aromatic heterocycles. The maximum Gasteiger partial charge on any atom is 0.254 e. The molecule has 1 atom stereocenters. The molecule has 3 aliphatic rings. The van der Waals surface area contributed by atoms with Gasteiger partial charge in [0.1, 0.15) is 5.75 Å². The lowest BCUT2D eigenvalue weighted by Crippen LogP contribution is -2.51. The molecular weight excluding hydrogens is 466 g/mol. The van der Waals surface area contributed by atoms with Gasteiger partial charge in [0.25, 0.3) is 5.91 Å². The van der Waals surface area contributed by atoms with E-state index in [0.717, 1.165) is 83.0 Å². The molecule has 4 aromatic rings. The van der Waals surface area contributed by atoms with Crippen LogP contribution in [0.25, 0.3) is 33.5 Å². The van der Waals surface area contributed by atoms with E-state index in [9.17, 15) is 4.79 Å². The zero-order valence-corrected chi connectivity index (χ0v) is 21.5. The second kappa shape index (κ2) is 8.89. The molecule has 1 aliphatic carbocycles. The van der Waals surface area contributed by atoms with Crippen LogP contribution in [0, 0.1) is 5.92 Å². The first-order valence-corrected chi connectivity index (χ1v) is 13.4. The molecular formula is C29H33N5O3. The zero-order valence-electron chi connectivity index (χ0n) is 21.5. The van der Waals surface area contributed by atoms with Crippen molar-refractivity contribution in [3.05, 3.63) is 47.5 Å². The van der Waals surface area contributed by atoms with Gasteiger partial charge in [0.15, 0.2) is 5.82 Å². The highest BCUT2D eigenvalue weighted by molar-refractivity contribution is 6.01. The minimum atomic E-state index is 0.0929. The Kier molecular flexibility index (Phi) is 5.48. The molecule has 2 fully saturated rings. The summed E-state index contributed by atoms with van der Waals surface area (Å²) in [6.07, 6.45) is 3.39. The first-order valence-electron chi connectivity index (χ1n) is 13.4. The Bertz CT molecular complexity index is 1510. The number of para-hydroxylation sites is 1. The van der Waals surface area contributed by atoms with Crippen LogP contribution in [0.15, 0.2) is 36.4 Å². The van der Waals surface area contributed by atoms with Crippen molar-refractivity contribution in [1.82, 2.24) is 24.3 Å². The molecule has 8 nitrogen and oxygen atoms in total. The number of aryl methyl sites for hydroxylation is 1. The molecule has 0 bridgehead atoms. The van der Waals surface area contributed by atoms with Crippen LogP contribution in [0.1, 0.15) is 28.8 Å². The summed E-state index contributed by atoms with van der Waals surface area (Å²) in [5.74, 6) is 2.61. The van der Waals surface area contributed by atoms with Gasteiger partial charge < -0.3 is 28.8 Å². The number of nitrogens with zero attached hydrogens (tertiary/aromatic N) is 4. The largest absolute Gasteiger partial charge is 0.495 e. The monoisotopic (exact) mass is 499 g/mol. The normalized spacial score (nSPS) is 20.1. The number of amides is 1. The van der Waals surface area contributed by atoms with Crippen molar-refractivity contribution in [3.63, 3.8) is 0 Å². The van der Waals surface area contributed by atoms with Crippen molar-refractivity contribution in [2.24, 2.45) is 13.0 Å². The Labute approximate surface area is 216 Å². The number of rotatable bonds is 6. The van der Waals surface area contributed by atoms with Gasteiger partial charge in [-0.15, -0.1) is 0 Å². The van der Waals surface area contributed by atoms with E-state index >= 15 is 0 Å². The van der Waals surface area contributed by atoms with Gasteiger partial charge in [-0.3, -0.25) is 4.79 Å². The van der Waals surface area contributed by atoms with E-state index in [1.54, 1.807) is 7.11 Å². The van der Waals surface area contributed by atoms with Gasteiger partial charge in [0.05, 0.1) is 42.6 Å².